The summed E-state index contributed by atoms with van der Waals surface area (Å²) in [7, 11) is 0. The van der Waals surface area contributed by atoms with Crippen molar-refractivity contribution >= 4 is 58.4 Å². The van der Waals surface area contributed by atoms with Crippen molar-refractivity contribution in [2.24, 2.45) is 0 Å². The number of para-hydroxylation sites is 1. The highest BCUT2D eigenvalue weighted by Gasteiger charge is 2.15. The molecule has 7 heteroatoms. The Morgan fingerprint density at radius 1 is 1.04 bits per heavy atom. The molecule has 2 rings (SSSR count). The van der Waals surface area contributed by atoms with E-state index >= 15 is 0 Å². The number of amides is 2. The minimum absolute atomic E-state index is 0.109. The molecular formula is C19H17Cl3N2O2. The van der Waals surface area contributed by atoms with Crippen molar-refractivity contribution in [2.75, 3.05) is 18.4 Å². The molecule has 4 nitrogen and oxygen atoms in total. The summed E-state index contributed by atoms with van der Waals surface area (Å²) in [6.07, 6.45) is 3.09. The van der Waals surface area contributed by atoms with Crippen LogP contribution in [0, 0.1) is 0 Å². The number of carbonyl (C=O) groups excluding carboxylic acids is 2. The number of halogens is 3. The summed E-state index contributed by atoms with van der Waals surface area (Å²) in [6.45, 7) is 2.07. The summed E-state index contributed by atoms with van der Waals surface area (Å²) in [4.78, 5) is 26.0. The first-order valence-electron chi connectivity index (χ1n) is 7.87. The lowest BCUT2D eigenvalue weighted by molar-refractivity contribution is -0.130. The van der Waals surface area contributed by atoms with Crippen LogP contribution in [-0.4, -0.2) is 29.8 Å². The Morgan fingerprint density at radius 3 is 2.23 bits per heavy atom. The van der Waals surface area contributed by atoms with Gasteiger partial charge in [0.15, 0.2) is 0 Å². The second kappa shape index (κ2) is 9.62. The SMILES string of the molecule is CCN(CC(=O)Nc1c(Cl)cccc1Cl)C(=O)/C=C/c1ccc(Cl)cc1. The lowest BCUT2D eigenvalue weighted by Gasteiger charge is -2.19. The maximum Gasteiger partial charge on any atom is 0.247 e. The zero-order chi connectivity index (χ0) is 19.1. The molecule has 0 saturated carbocycles. The third-order valence-corrected chi connectivity index (χ3v) is 4.43. The van der Waals surface area contributed by atoms with Gasteiger partial charge in [0.2, 0.25) is 11.8 Å². The molecule has 0 aliphatic rings. The fraction of sp³-hybridized carbons (Fsp3) is 0.158. The van der Waals surface area contributed by atoms with E-state index < -0.39 is 0 Å². The van der Waals surface area contributed by atoms with Crippen LogP contribution in [0.5, 0.6) is 0 Å². The van der Waals surface area contributed by atoms with Crippen molar-refractivity contribution in [3.8, 4) is 0 Å². The number of nitrogens with zero attached hydrogens (tertiary/aromatic N) is 1. The van der Waals surface area contributed by atoms with Crippen molar-refractivity contribution in [2.45, 2.75) is 6.92 Å². The highest BCUT2D eigenvalue weighted by atomic mass is 35.5. The quantitative estimate of drug-likeness (QED) is 0.668. The molecule has 26 heavy (non-hydrogen) atoms. The maximum absolute atomic E-state index is 12.3. The Labute approximate surface area is 167 Å². The van der Waals surface area contributed by atoms with Crippen molar-refractivity contribution in [3.05, 3.63) is 69.2 Å². The Hall–Kier alpha value is -2.01. The average molecular weight is 412 g/mol. The van der Waals surface area contributed by atoms with Crippen LogP contribution in [0.3, 0.4) is 0 Å². The largest absolute Gasteiger partial charge is 0.330 e. The van der Waals surface area contributed by atoms with Crippen LogP contribution < -0.4 is 5.32 Å². The molecule has 2 aromatic carbocycles. The summed E-state index contributed by atoms with van der Waals surface area (Å²) in [5.41, 5.74) is 1.17. The van der Waals surface area contributed by atoms with Gasteiger partial charge in [0.05, 0.1) is 15.7 Å². The Kier molecular flexibility index (Phi) is 7.51. The van der Waals surface area contributed by atoms with E-state index in [9.17, 15) is 9.59 Å². The predicted molar refractivity (Wildman–Crippen MR) is 108 cm³/mol. The third-order valence-electron chi connectivity index (χ3n) is 3.54. The topological polar surface area (TPSA) is 49.4 Å². The molecule has 0 heterocycles. The molecule has 0 aliphatic heterocycles. The molecule has 0 atom stereocenters. The van der Waals surface area contributed by atoms with E-state index in [0.29, 0.717) is 27.3 Å². The number of rotatable bonds is 6. The number of hydrogen-bond donors (Lipinski definition) is 1. The second-order valence-electron chi connectivity index (χ2n) is 5.38. The fourth-order valence-electron chi connectivity index (χ4n) is 2.16. The van der Waals surface area contributed by atoms with Crippen molar-refractivity contribution < 1.29 is 9.59 Å². The third kappa shape index (κ3) is 5.77. The number of nitrogens with one attached hydrogen (secondary N) is 1. The van der Waals surface area contributed by atoms with Crippen molar-refractivity contribution in [1.82, 2.24) is 4.90 Å². The highest BCUT2D eigenvalue weighted by Crippen LogP contribution is 2.29. The van der Waals surface area contributed by atoms with Crippen LogP contribution >= 0.6 is 34.8 Å². The van der Waals surface area contributed by atoms with Gasteiger partial charge >= 0.3 is 0 Å². The first-order valence-corrected chi connectivity index (χ1v) is 9.00. The molecule has 0 aromatic heterocycles. The van der Waals surface area contributed by atoms with Gasteiger partial charge < -0.3 is 10.2 Å². The number of hydrogen-bond acceptors (Lipinski definition) is 2. The summed E-state index contributed by atoms with van der Waals surface area (Å²) in [5, 5.41) is 3.94. The Balaban J connectivity index is 2.00. The monoisotopic (exact) mass is 410 g/mol. The second-order valence-corrected chi connectivity index (χ2v) is 6.63. The molecule has 0 unspecified atom stereocenters. The van der Waals surface area contributed by atoms with Crippen LogP contribution in [0.1, 0.15) is 12.5 Å². The molecule has 0 fully saturated rings. The van der Waals surface area contributed by atoms with E-state index in [1.165, 1.54) is 11.0 Å². The standard InChI is InChI=1S/C19H17Cl3N2O2/c1-2-24(18(26)11-8-13-6-9-14(20)10-7-13)12-17(25)23-19-15(21)4-3-5-16(19)22/h3-11H,2,12H2,1H3,(H,23,25)/b11-8+. The molecule has 0 spiro atoms. The van der Waals surface area contributed by atoms with Crippen LogP contribution in [0.15, 0.2) is 48.5 Å². The zero-order valence-corrected chi connectivity index (χ0v) is 16.3. The van der Waals surface area contributed by atoms with Gasteiger partial charge in [-0.2, -0.15) is 0 Å². The van der Waals surface area contributed by atoms with Gasteiger partial charge in [0.25, 0.3) is 0 Å². The van der Waals surface area contributed by atoms with Crippen LogP contribution in [-0.2, 0) is 9.59 Å². The normalized spacial score (nSPS) is 10.8. The maximum atomic E-state index is 12.3. The highest BCUT2D eigenvalue weighted by molar-refractivity contribution is 6.39. The number of anilines is 1. The van der Waals surface area contributed by atoms with Gasteiger partial charge in [-0.25, -0.2) is 0 Å². The summed E-state index contributed by atoms with van der Waals surface area (Å²) >= 11 is 17.9. The van der Waals surface area contributed by atoms with Gasteiger partial charge in [-0.3, -0.25) is 9.59 Å². The number of carbonyl (C=O) groups is 2. The summed E-state index contributed by atoms with van der Waals surface area (Å²) in [6, 6.07) is 12.0. The number of likely N-dealkylation sites (N-methyl/N-ethyl adjacent to an activating group) is 1. The van der Waals surface area contributed by atoms with E-state index in [-0.39, 0.29) is 18.4 Å². The zero-order valence-electron chi connectivity index (χ0n) is 14.0. The van der Waals surface area contributed by atoms with E-state index in [1.54, 1.807) is 55.5 Å². The minimum Gasteiger partial charge on any atom is -0.330 e. The molecule has 2 amide bonds. The van der Waals surface area contributed by atoms with E-state index in [0.717, 1.165) is 5.56 Å². The lowest BCUT2D eigenvalue weighted by atomic mass is 10.2. The number of benzene rings is 2. The van der Waals surface area contributed by atoms with Gasteiger partial charge in [-0.1, -0.05) is 53.0 Å². The van der Waals surface area contributed by atoms with Crippen molar-refractivity contribution in [3.63, 3.8) is 0 Å². The summed E-state index contributed by atoms with van der Waals surface area (Å²) < 4.78 is 0. The minimum atomic E-state index is -0.380. The molecule has 1 N–H and O–H groups in total. The van der Waals surface area contributed by atoms with Gasteiger partial charge in [0.1, 0.15) is 6.54 Å². The molecule has 0 saturated heterocycles. The Morgan fingerprint density at radius 2 is 1.65 bits per heavy atom. The van der Waals surface area contributed by atoms with Gasteiger partial charge in [-0.05, 0) is 42.8 Å². The first-order chi connectivity index (χ1) is 12.4. The molecule has 0 bridgehead atoms. The van der Waals surface area contributed by atoms with Gasteiger partial charge in [0, 0.05) is 17.6 Å². The predicted octanol–water partition coefficient (Wildman–Crippen LogP) is 5.15. The first kappa shape index (κ1) is 20.3. The van der Waals surface area contributed by atoms with Crippen molar-refractivity contribution in [1.29, 1.82) is 0 Å². The Bertz CT molecular complexity index is 800. The average Bonchev–Trinajstić information content (AvgIpc) is 2.62. The van der Waals surface area contributed by atoms with E-state index in [1.807, 2.05) is 0 Å². The molecule has 136 valence electrons. The summed E-state index contributed by atoms with van der Waals surface area (Å²) in [5.74, 6) is -0.655. The molecule has 0 aliphatic carbocycles. The van der Waals surface area contributed by atoms with E-state index in [4.69, 9.17) is 34.8 Å². The lowest BCUT2D eigenvalue weighted by Crippen LogP contribution is -2.37. The van der Waals surface area contributed by atoms with E-state index in [2.05, 4.69) is 5.32 Å². The van der Waals surface area contributed by atoms with Gasteiger partial charge in [-0.15, -0.1) is 0 Å². The molecule has 2 aromatic rings. The molecular weight excluding hydrogens is 395 g/mol. The smallest absolute Gasteiger partial charge is 0.247 e. The van der Waals surface area contributed by atoms with Crippen LogP contribution in [0.25, 0.3) is 6.08 Å². The van der Waals surface area contributed by atoms with Crippen LogP contribution in [0.4, 0.5) is 5.69 Å². The molecule has 0 radical (unpaired) electrons. The fourth-order valence-corrected chi connectivity index (χ4v) is 2.78. The van der Waals surface area contributed by atoms with Crippen LogP contribution in [0.2, 0.25) is 15.1 Å².